The highest BCUT2D eigenvalue weighted by Gasteiger charge is 2.15. The lowest BCUT2D eigenvalue weighted by atomic mass is 10.0. The van der Waals surface area contributed by atoms with E-state index < -0.39 is 0 Å². The first kappa shape index (κ1) is 12.1. The summed E-state index contributed by atoms with van der Waals surface area (Å²) in [5, 5.41) is 9.01. The van der Waals surface area contributed by atoms with Gasteiger partial charge in [0.1, 0.15) is 0 Å². The molecule has 3 rings (SSSR count). The summed E-state index contributed by atoms with van der Waals surface area (Å²) in [5.41, 5.74) is 3.61. The Kier molecular flexibility index (Phi) is 3.42. The topological polar surface area (TPSA) is 49.3 Å². The highest BCUT2D eigenvalue weighted by Crippen LogP contribution is 2.18. The van der Waals surface area contributed by atoms with Gasteiger partial charge < -0.3 is 10.0 Å². The molecule has 1 aromatic heterocycles. The molecule has 1 aliphatic rings. The first-order chi connectivity index (χ1) is 9.36. The summed E-state index contributed by atoms with van der Waals surface area (Å²) >= 11 is 0. The Morgan fingerprint density at radius 1 is 1.00 bits per heavy atom. The quantitative estimate of drug-likeness (QED) is 0.885. The van der Waals surface area contributed by atoms with Crippen LogP contribution in [0.4, 0.5) is 5.95 Å². The van der Waals surface area contributed by atoms with E-state index in [9.17, 15) is 0 Å². The number of hydrogen-bond donors (Lipinski definition) is 1. The largest absolute Gasteiger partial charge is 0.392 e. The molecule has 0 atom stereocenters. The lowest BCUT2D eigenvalue weighted by Gasteiger charge is -2.19. The van der Waals surface area contributed by atoms with Crippen LogP contribution in [0.2, 0.25) is 0 Å². The van der Waals surface area contributed by atoms with Gasteiger partial charge in [-0.1, -0.05) is 24.3 Å². The Bertz CT molecular complexity index is 527. The molecule has 1 aromatic carbocycles. The van der Waals surface area contributed by atoms with Crippen LogP contribution in [0.5, 0.6) is 0 Å². The highest BCUT2D eigenvalue weighted by molar-refractivity contribution is 5.36. The van der Waals surface area contributed by atoms with Gasteiger partial charge in [0.15, 0.2) is 0 Å². The lowest BCUT2D eigenvalue weighted by Crippen LogP contribution is -2.27. The monoisotopic (exact) mass is 255 g/mol. The standard InChI is InChI=1S/C15H17N3O/c19-11-12-9-16-15(17-10-12)18-7-5-13-3-1-2-4-14(13)6-8-18/h1-4,9-10,19H,5-8,11H2. The molecule has 19 heavy (non-hydrogen) atoms. The van der Waals surface area contributed by atoms with E-state index in [2.05, 4.69) is 39.1 Å². The molecule has 2 heterocycles. The highest BCUT2D eigenvalue weighted by atomic mass is 16.3. The predicted octanol–water partition coefficient (Wildman–Crippen LogP) is 1.57. The molecule has 0 amide bonds. The van der Waals surface area contributed by atoms with Crippen molar-refractivity contribution < 1.29 is 5.11 Å². The predicted molar refractivity (Wildman–Crippen MR) is 74.0 cm³/mol. The molecular weight excluding hydrogens is 238 g/mol. The van der Waals surface area contributed by atoms with Crippen molar-refractivity contribution in [1.29, 1.82) is 0 Å². The first-order valence-electron chi connectivity index (χ1n) is 6.60. The lowest BCUT2D eigenvalue weighted by molar-refractivity contribution is 0.281. The number of aromatic nitrogens is 2. The van der Waals surface area contributed by atoms with Crippen LogP contribution in [0.15, 0.2) is 36.7 Å². The zero-order chi connectivity index (χ0) is 13.1. The fourth-order valence-electron chi connectivity index (χ4n) is 2.46. The molecule has 98 valence electrons. The summed E-state index contributed by atoms with van der Waals surface area (Å²) in [6.45, 7) is 1.87. The summed E-state index contributed by atoms with van der Waals surface area (Å²) in [4.78, 5) is 10.9. The van der Waals surface area contributed by atoms with Crippen molar-refractivity contribution in [2.24, 2.45) is 0 Å². The molecule has 1 aliphatic heterocycles. The van der Waals surface area contributed by atoms with Crippen LogP contribution in [-0.4, -0.2) is 28.2 Å². The Balaban J connectivity index is 1.77. The second-order valence-electron chi connectivity index (χ2n) is 4.81. The second-order valence-corrected chi connectivity index (χ2v) is 4.81. The third-order valence-electron chi connectivity index (χ3n) is 3.58. The molecule has 2 aromatic rings. The van der Waals surface area contributed by atoms with E-state index in [1.165, 1.54) is 11.1 Å². The van der Waals surface area contributed by atoms with Crippen LogP contribution in [0, 0.1) is 0 Å². The van der Waals surface area contributed by atoms with Gasteiger partial charge in [0.2, 0.25) is 5.95 Å². The summed E-state index contributed by atoms with van der Waals surface area (Å²) in [5.74, 6) is 0.755. The Labute approximate surface area is 112 Å². The van der Waals surface area contributed by atoms with Gasteiger partial charge in [0.05, 0.1) is 6.61 Å². The summed E-state index contributed by atoms with van der Waals surface area (Å²) in [6.07, 6.45) is 5.45. The van der Waals surface area contributed by atoms with Gasteiger partial charge in [-0.15, -0.1) is 0 Å². The minimum atomic E-state index is -0.00821. The van der Waals surface area contributed by atoms with E-state index in [1.54, 1.807) is 12.4 Å². The number of rotatable bonds is 2. The average Bonchev–Trinajstić information content (AvgIpc) is 2.70. The number of benzene rings is 1. The van der Waals surface area contributed by atoms with Gasteiger partial charge >= 0.3 is 0 Å². The first-order valence-corrected chi connectivity index (χ1v) is 6.60. The van der Waals surface area contributed by atoms with Gasteiger partial charge in [0.25, 0.3) is 0 Å². The van der Waals surface area contributed by atoms with E-state index >= 15 is 0 Å². The van der Waals surface area contributed by atoms with Crippen LogP contribution >= 0.6 is 0 Å². The van der Waals surface area contributed by atoms with Gasteiger partial charge in [-0.3, -0.25) is 0 Å². The maximum absolute atomic E-state index is 9.01. The van der Waals surface area contributed by atoms with Gasteiger partial charge in [-0.05, 0) is 24.0 Å². The molecule has 4 nitrogen and oxygen atoms in total. The maximum Gasteiger partial charge on any atom is 0.225 e. The fourth-order valence-corrected chi connectivity index (χ4v) is 2.46. The van der Waals surface area contributed by atoms with Gasteiger partial charge in [-0.2, -0.15) is 0 Å². The minimum Gasteiger partial charge on any atom is -0.392 e. The number of fused-ring (bicyclic) bond motifs is 1. The third kappa shape index (κ3) is 2.58. The molecule has 0 saturated carbocycles. The van der Waals surface area contributed by atoms with Crippen molar-refractivity contribution in [1.82, 2.24) is 9.97 Å². The molecule has 0 bridgehead atoms. The summed E-state index contributed by atoms with van der Waals surface area (Å²) in [7, 11) is 0. The normalized spacial score (nSPS) is 14.9. The summed E-state index contributed by atoms with van der Waals surface area (Å²) in [6, 6.07) is 8.60. The van der Waals surface area contributed by atoms with Crippen LogP contribution in [0.3, 0.4) is 0 Å². The Morgan fingerprint density at radius 2 is 1.58 bits per heavy atom. The van der Waals surface area contributed by atoms with Crippen molar-refractivity contribution in [3.63, 3.8) is 0 Å². The number of aliphatic hydroxyl groups excluding tert-OH is 1. The average molecular weight is 255 g/mol. The molecule has 0 spiro atoms. The van der Waals surface area contributed by atoms with E-state index in [1.807, 2.05) is 0 Å². The molecule has 0 radical (unpaired) electrons. The van der Waals surface area contributed by atoms with E-state index in [0.717, 1.165) is 37.4 Å². The van der Waals surface area contributed by atoms with Crippen LogP contribution in [0.25, 0.3) is 0 Å². The molecular formula is C15H17N3O. The van der Waals surface area contributed by atoms with Gasteiger partial charge in [0, 0.05) is 31.0 Å². The third-order valence-corrected chi connectivity index (χ3v) is 3.58. The molecule has 0 aliphatic carbocycles. The molecule has 4 heteroatoms. The zero-order valence-electron chi connectivity index (χ0n) is 10.8. The molecule has 0 fully saturated rings. The molecule has 1 N–H and O–H groups in total. The van der Waals surface area contributed by atoms with Crippen LogP contribution in [-0.2, 0) is 19.4 Å². The Morgan fingerprint density at radius 3 is 2.11 bits per heavy atom. The smallest absolute Gasteiger partial charge is 0.225 e. The number of anilines is 1. The molecule has 0 unspecified atom stereocenters. The van der Waals surface area contributed by atoms with Crippen LogP contribution < -0.4 is 4.90 Å². The minimum absolute atomic E-state index is 0.00821. The van der Waals surface area contributed by atoms with Gasteiger partial charge in [-0.25, -0.2) is 9.97 Å². The van der Waals surface area contributed by atoms with Crippen molar-refractivity contribution in [2.75, 3.05) is 18.0 Å². The Hall–Kier alpha value is -1.94. The van der Waals surface area contributed by atoms with Crippen molar-refractivity contribution in [3.05, 3.63) is 53.3 Å². The fraction of sp³-hybridized carbons (Fsp3) is 0.333. The van der Waals surface area contributed by atoms with Crippen LogP contribution in [0.1, 0.15) is 16.7 Å². The number of aliphatic hydroxyl groups is 1. The second kappa shape index (κ2) is 5.36. The summed E-state index contributed by atoms with van der Waals surface area (Å²) < 4.78 is 0. The van der Waals surface area contributed by atoms with E-state index in [-0.39, 0.29) is 6.61 Å². The SMILES string of the molecule is OCc1cnc(N2CCc3ccccc3CC2)nc1. The zero-order valence-corrected chi connectivity index (χ0v) is 10.8. The van der Waals surface area contributed by atoms with E-state index in [0.29, 0.717) is 0 Å². The number of nitrogens with zero attached hydrogens (tertiary/aromatic N) is 3. The van der Waals surface area contributed by atoms with Crippen molar-refractivity contribution in [3.8, 4) is 0 Å². The maximum atomic E-state index is 9.01. The van der Waals surface area contributed by atoms with E-state index in [4.69, 9.17) is 5.11 Å². The van der Waals surface area contributed by atoms with Crippen molar-refractivity contribution in [2.45, 2.75) is 19.4 Å². The number of hydrogen-bond acceptors (Lipinski definition) is 4. The van der Waals surface area contributed by atoms with Crippen molar-refractivity contribution >= 4 is 5.95 Å². The molecule has 0 saturated heterocycles.